The highest BCUT2D eigenvalue weighted by Gasteiger charge is 2.32. The van der Waals surface area contributed by atoms with Crippen molar-refractivity contribution >= 4 is 5.91 Å². The van der Waals surface area contributed by atoms with Crippen molar-refractivity contribution in [2.75, 3.05) is 19.6 Å². The van der Waals surface area contributed by atoms with Crippen LogP contribution in [0, 0.1) is 5.92 Å². The molecule has 2 N–H and O–H groups in total. The first-order chi connectivity index (χ1) is 7.68. The summed E-state index contributed by atoms with van der Waals surface area (Å²) in [6.07, 6.45) is 3.94. The number of carbonyl (C=O) groups excluding carboxylic acids is 1. The average Bonchev–Trinajstić information content (AvgIpc) is 2.78. The van der Waals surface area contributed by atoms with E-state index < -0.39 is 0 Å². The maximum Gasteiger partial charge on any atom is 0.239 e. The normalized spacial score (nSPS) is 32.8. The van der Waals surface area contributed by atoms with Crippen molar-refractivity contribution < 1.29 is 9.90 Å². The van der Waals surface area contributed by atoms with E-state index in [1.54, 1.807) is 0 Å². The lowest BCUT2D eigenvalue weighted by molar-refractivity contribution is -0.133. The van der Waals surface area contributed by atoms with Crippen molar-refractivity contribution in [2.45, 2.75) is 44.8 Å². The molecule has 0 saturated carbocycles. The minimum Gasteiger partial charge on any atom is -0.393 e. The number of piperidine rings is 1. The van der Waals surface area contributed by atoms with E-state index >= 15 is 0 Å². The maximum atomic E-state index is 12.2. The Morgan fingerprint density at radius 3 is 2.81 bits per heavy atom. The van der Waals surface area contributed by atoms with Gasteiger partial charge >= 0.3 is 0 Å². The minimum atomic E-state index is -0.294. The molecule has 2 unspecified atom stereocenters. The Bertz CT molecular complexity index is 249. The predicted octanol–water partition coefficient (Wildman–Crippen LogP) is 0.358. The zero-order chi connectivity index (χ0) is 11.5. The molecule has 2 aliphatic heterocycles. The minimum absolute atomic E-state index is 0.0292. The molecule has 0 aromatic heterocycles. The van der Waals surface area contributed by atoms with Gasteiger partial charge in [-0.3, -0.25) is 4.79 Å². The lowest BCUT2D eigenvalue weighted by Gasteiger charge is -2.27. The molecule has 2 aliphatic rings. The number of hydrogen-bond acceptors (Lipinski definition) is 3. The molecule has 0 aromatic carbocycles. The number of aliphatic hydroxyl groups is 1. The van der Waals surface area contributed by atoms with E-state index in [1.807, 2.05) is 11.8 Å². The molecule has 3 atom stereocenters. The van der Waals surface area contributed by atoms with Gasteiger partial charge in [0.25, 0.3) is 0 Å². The molecule has 2 saturated heterocycles. The second-order valence-electron chi connectivity index (χ2n) is 5.08. The van der Waals surface area contributed by atoms with Gasteiger partial charge in [0.2, 0.25) is 5.91 Å². The summed E-state index contributed by atoms with van der Waals surface area (Å²) in [5.41, 5.74) is 0. The molecule has 0 aliphatic carbocycles. The fourth-order valence-corrected chi connectivity index (χ4v) is 2.66. The second-order valence-corrected chi connectivity index (χ2v) is 5.08. The van der Waals surface area contributed by atoms with E-state index in [4.69, 9.17) is 0 Å². The highest BCUT2D eigenvalue weighted by Crippen LogP contribution is 2.21. The molecule has 1 amide bonds. The van der Waals surface area contributed by atoms with Gasteiger partial charge in [0.15, 0.2) is 0 Å². The van der Waals surface area contributed by atoms with Crippen LogP contribution in [0.3, 0.4) is 0 Å². The lowest BCUT2D eigenvalue weighted by atomic mass is 10.0. The zero-order valence-electron chi connectivity index (χ0n) is 9.98. The van der Waals surface area contributed by atoms with Crippen LogP contribution in [0.5, 0.6) is 0 Å². The summed E-state index contributed by atoms with van der Waals surface area (Å²) >= 11 is 0. The maximum absolute atomic E-state index is 12.2. The van der Waals surface area contributed by atoms with Crippen LogP contribution in [-0.4, -0.2) is 47.7 Å². The molecule has 0 bridgehead atoms. The van der Waals surface area contributed by atoms with E-state index in [0.717, 1.165) is 38.9 Å². The Morgan fingerprint density at radius 2 is 2.25 bits per heavy atom. The molecule has 0 aromatic rings. The van der Waals surface area contributed by atoms with Crippen LogP contribution in [0.25, 0.3) is 0 Å². The van der Waals surface area contributed by atoms with Crippen LogP contribution >= 0.6 is 0 Å². The largest absolute Gasteiger partial charge is 0.393 e. The molecule has 0 radical (unpaired) electrons. The van der Waals surface area contributed by atoms with E-state index in [1.165, 1.54) is 6.42 Å². The molecule has 4 heteroatoms. The third-order valence-corrected chi connectivity index (χ3v) is 3.83. The smallest absolute Gasteiger partial charge is 0.239 e. The van der Waals surface area contributed by atoms with Gasteiger partial charge < -0.3 is 15.3 Å². The number of likely N-dealkylation sites (tertiary alicyclic amines) is 1. The number of nitrogens with one attached hydrogen (secondary N) is 1. The highest BCUT2D eigenvalue weighted by atomic mass is 16.3. The Labute approximate surface area is 97.0 Å². The third-order valence-electron chi connectivity index (χ3n) is 3.83. The van der Waals surface area contributed by atoms with Gasteiger partial charge in [-0.25, -0.2) is 0 Å². The molecule has 0 spiro atoms. The number of hydrogen-bond donors (Lipinski definition) is 2. The molecular formula is C12H22N2O2. The van der Waals surface area contributed by atoms with Crippen LogP contribution in [0.1, 0.15) is 32.6 Å². The standard InChI is InChI=1S/C12H22N2O2/c1-9(15)10-5-7-14(8-10)12(16)11-4-2-3-6-13-11/h9-11,13,15H,2-8H2,1H3/t9?,10?,11-/m1/s1. The number of amides is 1. The summed E-state index contributed by atoms with van der Waals surface area (Å²) < 4.78 is 0. The molecule has 92 valence electrons. The molecular weight excluding hydrogens is 204 g/mol. The van der Waals surface area contributed by atoms with Crippen molar-refractivity contribution in [2.24, 2.45) is 5.92 Å². The van der Waals surface area contributed by atoms with Gasteiger partial charge in [-0.05, 0) is 32.7 Å². The summed E-state index contributed by atoms with van der Waals surface area (Å²) in [4.78, 5) is 14.1. The van der Waals surface area contributed by atoms with Gasteiger partial charge in [-0.1, -0.05) is 6.42 Å². The third kappa shape index (κ3) is 2.55. The van der Waals surface area contributed by atoms with Crippen molar-refractivity contribution in [1.29, 1.82) is 0 Å². The summed E-state index contributed by atoms with van der Waals surface area (Å²) in [6.45, 7) is 4.32. The Morgan fingerprint density at radius 1 is 1.44 bits per heavy atom. The van der Waals surface area contributed by atoms with Crippen LogP contribution < -0.4 is 5.32 Å². The van der Waals surface area contributed by atoms with Crippen molar-refractivity contribution in [3.8, 4) is 0 Å². The Kier molecular flexibility index (Phi) is 3.82. The SMILES string of the molecule is CC(O)C1CCN(C(=O)[C@H]2CCCCN2)C1. The number of aliphatic hydroxyl groups excluding tert-OH is 1. The quantitative estimate of drug-likeness (QED) is 0.715. The summed E-state index contributed by atoms with van der Waals surface area (Å²) in [5.74, 6) is 0.510. The van der Waals surface area contributed by atoms with E-state index in [-0.39, 0.29) is 24.0 Å². The van der Waals surface area contributed by atoms with E-state index in [2.05, 4.69) is 5.32 Å². The summed E-state index contributed by atoms with van der Waals surface area (Å²) in [6, 6.07) is 0.0292. The topological polar surface area (TPSA) is 52.6 Å². The first-order valence-electron chi connectivity index (χ1n) is 6.38. The van der Waals surface area contributed by atoms with Crippen LogP contribution in [0.2, 0.25) is 0 Å². The fraction of sp³-hybridized carbons (Fsp3) is 0.917. The molecule has 4 nitrogen and oxygen atoms in total. The monoisotopic (exact) mass is 226 g/mol. The zero-order valence-corrected chi connectivity index (χ0v) is 9.98. The summed E-state index contributed by atoms with van der Waals surface area (Å²) in [5, 5.41) is 12.8. The van der Waals surface area contributed by atoms with E-state index in [0.29, 0.717) is 0 Å². The molecule has 2 heterocycles. The van der Waals surface area contributed by atoms with Gasteiger partial charge in [0.1, 0.15) is 0 Å². The number of rotatable bonds is 2. The first kappa shape index (κ1) is 11.9. The number of carbonyl (C=O) groups is 1. The second kappa shape index (κ2) is 5.15. The highest BCUT2D eigenvalue weighted by molar-refractivity contribution is 5.82. The van der Waals surface area contributed by atoms with Crippen molar-refractivity contribution in [1.82, 2.24) is 10.2 Å². The van der Waals surface area contributed by atoms with Gasteiger partial charge in [-0.15, -0.1) is 0 Å². The lowest BCUT2D eigenvalue weighted by Crippen LogP contribution is -2.48. The molecule has 16 heavy (non-hydrogen) atoms. The molecule has 2 fully saturated rings. The van der Waals surface area contributed by atoms with E-state index in [9.17, 15) is 9.90 Å². The molecule has 2 rings (SSSR count). The summed E-state index contributed by atoms with van der Waals surface area (Å²) in [7, 11) is 0. The van der Waals surface area contributed by atoms with Crippen LogP contribution in [-0.2, 0) is 4.79 Å². The van der Waals surface area contributed by atoms with Crippen LogP contribution in [0.15, 0.2) is 0 Å². The Hall–Kier alpha value is -0.610. The van der Waals surface area contributed by atoms with Gasteiger partial charge in [0, 0.05) is 19.0 Å². The Balaban J connectivity index is 1.86. The van der Waals surface area contributed by atoms with Gasteiger partial charge in [-0.2, -0.15) is 0 Å². The fourth-order valence-electron chi connectivity index (χ4n) is 2.66. The van der Waals surface area contributed by atoms with Crippen molar-refractivity contribution in [3.63, 3.8) is 0 Å². The number of nitrogens with zero attached hydrogens (tertiary/aromatic N) is 1. The van der Waals surface area contributed by atoms with Crippen LogP contribution in [0.4, 0.5) is 0 Å². The first-order valence-corrected chi connectivity index (χ1v) is 6.38. The average molecular weight is 226 g/mol. The van der Waals surface area contributed by atoms with Crippen molar-refractivity contribution in [3.05, 3.63) is 0 Å². The predicted molar refractivity (Wildman–Crippen MR) is 62.0 cm³/mol. The van der Waals surface area contributed by atoms with Gasteiger partial charge in [0.05, 0.1) is 12.1 Å².